The molecule has 0 spiro atoms. The molecule has 0 aliphatic rings. The van der Waals surface area contributed by atoms with Crippen LogP contribution in [-0.2, 0) is 5.41 Å². The van der Waals surface area contributed by atoms with Crippen LogP contribution in [0, 0.1) is 11.8 Å². The summed E-state index contributed by atoms with van der Waals surface area (Å²) in [5.74, 6) is 5.78. The van der Waals surface area contributed by atoms with Crippen molar-refractivity contribution >= 4 is 17.5 Å². The van der Waals surface area contributed by atoms with Crippen LogP contribution in [0.4, 0.5) is 0 Å². The van der Waals surface area contributed by atoms with Crippen molar-refractivity contribution in [3.63, 3.8) is 0 Å². The largest absolute Gasteiger partial charge is 0.341 e. The standard InChI is InChI=1S/C20H20ClNO/c1-20(2,3)17-11-9-16(10-12-17)19(23)22-13-5-7-15-6-4-8-18(21)14-15/h4,6,8-12,14H,13H2,1-3H3,(H,22,23). The van der Waals surface area contributed by atoms with Gasteiger partial charge < -0.3 is 5.32 Å². The van der Waals surface area contributed by atoms with E-state index in [1.54, 1.807) is 12.1 Å². The topological polar surface area (TPSA) is 29.1 Å². The molecule has 0 bridgehead atoms. The van der Waals surface area contributed by atoms with Crippen molar-refractivity contribution in [1.29, 1.82) is 0 Å². The molecular formula is C20H20ClNO. The van der Waals surface area contributed by atoms with Crippen LogP contribution in [-0.4, -0.2) is 12.5 Å². The van der Waals surface area contributed by atoms with Crippen LogP contribution in [0.1, 0.15) is 42.3 Å². The number of rotatable bonds is 2. The van der Waals surface area contributed by atoms with E-state index in [9.17, 15) is 4.79 Å². The van der Waals surface area contributed by atoms with E-state index in [1.165, 1.54) is 5.56 Å². The maximum Gasteiger partial charge on any atom is 0.252 e. The van der Waals surface area contributed by atoms with Gasteiger partial charge in [-0.1, -0.05) is 62.4 Å². The molecular weight excluding hydrogens is 306 g/mol. The van der Waals surface area contributed by atoms with Gasteiger partial charge in [0.1, 0.15) is 0 Å². The summed E-state index contributed by atoms with van der Waals surface area (Å²) in [4.78, 5) is 12.1. The zero-order valence-electron chi connectivity index (χ0n) is 13.6. The van der Waals surface area contributed by atoms with Crippen LogP contribution >= 0.6 is 11.6 Å². The van der Waals surface area contributed by atoms with E-state index in [0.717, 1.165) is 5.56 Å². The normalized spacial score (nSPS) is 10.6. The summed E-state index contributed by atoms with van der Waals surface area (Å²) in [6.45, 7) is 6.74. The molecule has 0 heterocycles. The van der Waals surface area contributed by atoms with Gasteiger partial charge >= 0.3 is 0 Å². The average molecular weight is 326 g/mol. The Morgan fingerprint density at radius 3 is 2.43 bits per heavy atom. The highest BCUT2D eigenvalue weighted by Gasteiger charge is 2.13. The summed E-state index contributed by atoms with van der Waals surface area (Å²) in [5.41, 5.74) is 2.76. The molecule has 0 atom stereocenters. The summed E-state index contributed by atoms with van der Waals surface area (Å²) in [6, 6.07) is 15.0. The summed E-state index contributed by atoms with van der Waals surface area (Å²) in [7, 11) is 0. The Morgan fingerprint density at radius 1 is 1.13 bits per heavy atom. The van der Waals surface area contributed by atoms with E-state index in [-0.39, 0.29) is 11.3 Å². The van der Waals surface area contributed by atoms with E-state index in [4.69, 9.17) is 11.6 Å². The SMILES string of the molecule is CC(C)(C)c1ccc(C(=O)NCC#Cc2cccc(Cl)c2)cc1. The second-order valence-corrected chi connectivity index (χ2v) is 6.76. The molecule has 0 aliphatic heterocycles. The van der Waals surface area contributed by atoms with E-state index in [1.807, 2.05) is 36.4 Å². The molecule has 1 N–H and O–H groups in total. The van der Waals surface area contributed by atoms with E-state index >= 15 is 0 Å². The third-order valence-electron chi connectivity index (χ3n) is 3.41. The van der Waals surface area contributed by atoms with Gasteiger partial charge in [0.15, 0.2) is 0 Å². The molecule has 0 aliphatic carbocycles. The van der Waals surface area contributed by atoms with Crippen molar-refractivity contribution in [2.75, 3.05) is 6.54 Å². The van der Waals surface area contributed by atoms with Gasteiger partial charge in [-0.05, 0) is 41.3 Å². The highest BCUT2D eigenvalue weighted by atomic mass is 35.5. The maximum atomic E-state index is 12.1. The molecule has 3 heteroatoms. The summed E-state index contributed by atoms with van der Waals surface area (Å²) >= 11 is 5.90. The number of hydrogen-bond acceptors (Lipinski definition) is 1. The lowest BCUT2D eigenvalue weighted by atomic mass is 9.87. The first-order valence-electron chi connectivity index (χ1n) is 7.49. The van der Waals surface area contributed by atoms with Crippen molar-refractivity contribution in [1.82, 2.24) is 5.32 Å². The number of nitrogens with one attached hydrogen (secondary N) is 1. The average Bonchev–Trinajstić information content (AvgIpc) is 2.51. The first kappa shape index (κ1) is 17.1. The molecule has 23 heavy (non-hydrogen) atoms. The number of carbonyl (C=O) groups is 1. The van der Waals surface area contributed by atoms with Crippen molar-refractivity contribution in [3.05, 3.63) is 70.2 Å². The van der Waals surface area contributed by atoms with Gasteiger partial charge in [0.05, 0.1) is 6.54 Å². The maximum absolute atomic E-state index is 12.1. The Morgan fingerprint density at radius 2 is 1.83 bits per heavy atom. The summed E-state index contributed by atoms with van der Waals surface area (Å²) in [5, 5.41) is 3.45. The Hall–Kier alpha value is -2.24. The highest BCUT2D eigenvalue weighted by molar-refractivity contribution is 6.30. The van der Waals surface area contributed by atoms with Gasteiger partial charge in [0, 0.05) is 16.1 Å². The van der Waals surface area contributed by atoms with Gasteiger partial charge in [-0.25, -0.2) is 0 Å². The van der Waals surface area contributed by atoms with Crippen LogP contribution in [0.15, 0.2) is 48.5 Å². The van der Waals surface area contributed by atoms with Crippen LogP contribution in [0.2, 0.25) is 5.02 Å². The molecule has 0 saturated carbocycles. The van der Waals surface area contributed by atoms with Crippen molar-refractivity contribution < 1.29 is 4.79 Å². The highest BCUT2D eigenvalue weighted by Crippen LogP contribution is 2.22. The molecule has 2 rings (SSSR count). The Balaban J connectivity index is 1.93. The monoisotopic (exact) mass is 325 g/mol. The van der Waals surface area contributed by atoms with E-state index in [0.29, 0.717) is 17.1 Å². The number of carbonyl (C=O) groups excluding carboxylic acids is 1. The number of amides is 1. The number of hydrogen-bond donors (Lipinski definition) is 1. The predicted octanol–water partition coefficient (Wildman–Crippen LogP) is 4.42. The lowest BCUT2D eigenvalue weighted by molar-refractivity contribution is 0.0958. The van der Waals surface area contributed by atoms with Crippen molar-refractivity contribution in [2.24, 2.45) is 0 Å². The second-order valence-electron chi connectivity index (χ2n) is 6.32. The van der Waals surface area contributed by atoms with Crippen molar-refractivity contribution in [3.8, 4) is 11.8 Å². The first-order chi connectivity index (χ1) is 10.9. The molecule has 2 aromatic carbocycles. The second kappa shape index (κ2) is 7.35. The lowest BCUT2D eigenvalue weighted by Crippen LogP contribution is -2.23. The minimum atomic E-state index is -0.120. The lowest BCUT2D eigenvalue weighted by Gasteiger charge is -2.18. The van der Waals surface area contributed by atoms with Crippen LogP contribution < -0.4 is 5.32 Å². The summed E-state index contributed by atoms with van der Waals surface area (Å²) < 4.78 is 0. The minimum Gasteiger partial charge on any atom is -0.341 e. The fourth-order valence-corrected chi connectivity index (χ4v) is 2.25. The van der Waals surface area contributed by atoms with Gasteiger partial charge in [-0.15, -0.1) is 0 Å². The molecule has 0 saturated heterocycles. The number of halogens is 1. The molecule has 0 aromatic heterocycles. The van der Waals surface area contributed by atoms with Crippen LogP contribution in [0.25, 0.3) is 0 Å². The van der Waals surface area contributed by atoms with Gasteiger partial charge in [-0.2, -0.15) is 0 Å². The molecule has 0 fully saturated rings. The first-order valence-corrected chi connectivity index (χ1v) is 7.87. The van der Waals surface area contributed by atoms with E-state index < -0.39 is 0 Å². The quantitative estimate of drug-likeness (QED) is 0.814. The van der Waals surface area contributed by atoms with E-state index in [2.05, 4.69) is 37.9 Å². The van der Waals surface area contributed by atoms with Gasteiger partial charge in [-0.3, -0.25) is 4.79 Å². The van der Waals surface area contributed by atoms with Crippen LogP contribution in [0.5, 0.6) is 0 Å². The van der Waals surface area contributed by atoms with Gasteiger partial charge in [0.2, 0.25) is 0 Å². The zero-order valence-corrected chi connectivity index (χ0v) is 14.4. The Labute approximate surface area is 142 Å². The molecule has 1 amide bonds. The molecule has 118 valence electrons. The minimum absolute atomic E-state index is 0.0808. The number of benzene rings is 2. The molecule has 0 radical (unpaired) electrons. The van der Waals surface area contributed by atoms with Gasteiger partial charge in [0.25, 0.3) is 5.91 Å². The molecule has 2 nitrogen and oxygen atoms in total. The fraction of sp³-hybridized carbons (Fsp3) is 0.250. The predicted molar refractivity (Wildman–Crippen MR) is 95.8 cm³/mol. The fourth-order valence-electron chi connectivity index (χ4n) is 2.06. The third-order valence-corrected chi connectivity index (χ3v) is 3.64. The Kier molecular flexibility index (Phi) is 5.47. The Bertz CT molecular complexity index is 746. The zero-order chi connectivity index (χ0) is 16.9. The van der Waals surface area contributed by atoms with Crippen LogP contribution in [0.3, 0.4) is 0 Å². The third kappa shape index (κ3) is 5.16. The van der Waals surface area contributed by atoms with Crippen molar-refractivity contribution in [2.45, 2.75) is 26.2 Å². The molecule has 2 aromatic rings. The smallest absolute Gasteiger partial charge is 0.252 e. The molecule has 0 unspecified atom stereocenters. The summed E-state index contributed by atoms with van der Waals surface area (Å²) in [6.07, 6.45) is 0.